The highest BCUT2D eigenvalue weighted by atomic mass is 32.2. The van der Waals surface area contributed by atoms with Crippen LogP contribution < -0.4 is 0 Å². The summed E-state index contributed by atoms with van der Waals surface area (Å²) in [4.78, 5) is 6.17. The molecule has 0 fully saturated rings. The summed E-state index contributed by atoms with van der Waals surface area (Å²) >= 11 is 3.51. The van der Waals surface area contributed by atoms with Gasteiger partial charge in [0.25, 0.3) is 0 Å². The zero-order valence-electron chi connectivity index (χ0n) is 16.5. The fraction of sp³-hybridized carbons (Fsp3) is 0.261. The molecule has 4 nitrogen and oxygen atoms in total. The van der Waals surface area contributed by atoms with Gasteiger partial charge in [-0.05, 0) is 30.0 Å². The Balaban J connectivity index is 1.40. The molecule has 0 radical (unpaired) electrons. The molecule has 1 aliphatic rings. The molecule has 5 rings (SSSR count). The fourth-order valence-electron chi connectivity index (χ4n) is 3.62. The van der Waals surface area contributed by atoms with Gasteiger partial charge in [-0.2, -0.15) is 0 Å². The predicted octanol–water partition coefficient (Wildman–Crippen LogP) is 6.10. The minimum atomic E-state index is 0.593. The number of hydrogen-bond donors (Lipinski definition) is 0. The molecule has 0 unspecified atom stereocenters. The molecule has 3 heterocycles. The largest absolute Gasteiger partial charge is 0.281 e. The average Bonchev–Trinajstić information content (AvgIpc) is 3.41. The molecular formula is C23H22N4S2. The Labute approximate surface area is 179 Å². The van der Waals surface area contributed by atoms with Crippen molar-refractivity contribution in [3.8, 4) is 16.9 Å². The molecule has 1 atom stereocenters. The predicted molar refractivity (Wildman–Crippen MR) is 120 cm³/mol. The molecule has 0 saturated heterocycles. The summed E-state index contributed by atoms with van der Waals surface area (Å²) in [6.45, 7) is 4.50. The first-order valence-electron chi connectivity index (χ1n) is 9.93. The van der Waals surface area contributed by atoms with E-state index < -0.39 is 0 Å². The molecule has 0 amide bonds. The maximum absolute atomic E-state index is 4.89. The minimum Gasteiger partial charge on any atom is -0.281 e. The number of fused-ring (bicyclic) bond motifs is 3. The van der Waals surface area contributed by atoms with Crippen molar-refractivity contribution in [2.75, 3.05) is 0 Å². The molecule has 146 valence electrons. The Kier molecular flexibility index (Phi) is 4.97. The van der Waals surface area contributed by atoms with Crippen LogP contribution in [0.3, 0.4) is 0 Å². The first-order chi connectivity index (χ1) is 14.2. The van der Waals surface area contributed by atoms with Gasteiger partial charge in [0, 0.05) is 15.8 Å². The highest BCUT2D eigenvalue weighted by Crippen LogP contribution is 2.35. The smallest absolute Gasteiger partial charge is 0.148 e. The van der Waals surface area contributed by atoms with E-state index in [4.69, 9.17) is 4.98 Å². The highest BCUT2D eigenvalue weighted by Gasteiger charge is 2.22. The zero-order valence-corrected chi connectivity index (χ0v) is 18.1. The zero-order chi connectivity index (χ0) is 19.8. The summed E-state index contributed by atoms with van der Waals surface area (Å²) in [5.41, 5.74) is 4.77. The molecule has 0 aliphatic carbocycles. The van der Waals surface area contributed by atoms with Crippen LogP contribution in [0.1, 0.15) is 48.4 Å². The van der Waals surface area contributed by atoms with Gasteiger partial charge in [-0.3, -0.25) is 4.57 Å². The molecule has 0 bridgehead atoms. The SMILES string of the molecule is CC[C@H](C)c1ccc(-c2csc(Cc3nnc4n3-c3ccccc3SC4)n2)cc1. The van der Waals surface area contributed by atoms with Crippen LogP contribution in [0.25, 0.3) is 16.9 Å². The van der Waals surface area contributed by atoms with Crippen LogP contribution >= 0.6 is 23.1 Å². The van der Waals surface area contributed by atoms with Crippen molar-refractivity contribution in [2.45, 2.75) is 43.3 Å². The average molecular weight is 419 g/mol. The monoisotopic (exact) mass is 418 g/mol. The van der Waals surface area contributed by atoms with Gasteiger partial charge in [0.05, 0.1) is 23.6 Å². The lowest BCUT2D eigenvalue weighted by molar-refractivity contribution is 0.734. The van der Waals surface area contributed by atoms with E-state index >= 15 is 0 Å². The number of para-hydroxylation sites is 1. The van der Waals surface area contributed by atoms with Gasteiger partial charge in [-0.15, -0.1) is 33.3 Å². The standard InChI is InChI=1S/C23H22N4S2/c1-3-15(2)16-8-10-17(11-9-16)18-13-29-23(24-18)12-21-25-26-22-14-28-20-7-5-4-6-19(20)27(21)22/h4-11,13,15H,3,12,14H2,1-2H3/t15-/m0/s1. The third-order valence-electron chi connectivity index (χ3n) is 5.51. The van der Waals surface area contributed by atoms with Crippen LogP contribution in [-0.4, -0.2) is 19.7 Å². The van der Waals surface area contributed by atoms with Crippen molar-refractivity contribution in [1.29, 1.82) is 0 Å². The summed E-state index contributed by atoms with van der Waals surface area (Å²) < 4.78 is 2.20. The number of aromatic nitrogens is 4. The summed E-state index contributed by atoms with van der Waals surface area (Å²) in [7, 11) is 0. The molecule has 0 spiro atoms. The van der Waals surface area contributed by atoms with Gasteiger partial charge in [-0.25, -0.2) is 4.98 Å². The van der Waals surface area contributed by atoms with Gasteiger partial charge in [0.15, 0.2) is 0 Å². The third-order valence-corrected chi connectivity index (χ3v) is 7.42. The molecular weight excluding hydrogens is 396 g/mol. The van der Waals surface area contributed by atoms with Crippen molar-refractivity contribution in [3.05, 3.63) is 76.1 Å². The lowest BCUT2D eigenvalue weighted by Crippen LogP contribution is -2.10. The second kappa shape index (κ2) is 7.76. The number of benzene rings is 2. The van der Waals surface area contributed by atoms with Crippen molar-refractivity contribution in [1.82, 2.24) is 19.7 Å². The van der Waals surface area contributed by atoms with Crippen LogP contribution in [-0.2, 0) is 12.2 Å². The van der Waals surface area contributed by atoms with Gasteiger partial charge in [-0.1, -0.05) is 50.2 Å². The maximum atomic E-state index is 4.89. The molecule has 4 aromatic rings. The number of hydrogen-bond acceptors (Lipinski definition) is 5. The minimum absolute atomic E-state index is 0.593. The van der Waals surface area contributed by atoms with E-state index in [1.54, 1.807) is 11.3 Å². The van der Waals surface area contributed by atoms with Gasteiger partial charge >= 0.3 is 0 Å². The highest BCUT2D eigenvalue weighted by molar-refractivity contribution is 7.98. The fourth-order valence-corrected chi connectivity index (χ4v) is 5.38. The summed E-state index contributed by atoms with van der Waals surface area (Å²) in [6, 6.07) is 17.3. The van der Waals surface area contributed by atoms with Crippen LogP contribution in [0.2, 0.25) is 0 Å². The summed E-state index contributed by atoms with van der Waals surface area (Å²) in [6.07, 6.45) is 1.85. The van der Waals surface area contributed by atoms with Crippen LogP contribution in [0, 0.1) is 0 Å². The van der Waals surface area contributed by atoms with Crippen molar-refractivity contribution in [2.24, 2.45) is 0 Å². The van der Waals surface area contributed by atoms with E-state index in [-0.39, 0.29) is 0 Å². The third kappa shape index (κ3) is 3.51. The van der Waals surface area contributed by atoms with E-state index in [1.165, 1.54) is 21.7 Å². The van der Waals surface area contributed by atoms with Crippen molar-refractivity contribution < 1.29 is 0 Å². The molecule has 0 N–H and O–H groups in total. The van der Waals surface area contributed by atoms with Crippen LogP contribution in [0.4, 0.5) is 0 Å². The van der Waals surface area contributed by atoms with E-state index in [0.29, 0.717) is 12.3 Å². The normalized spacial score (nSPS) is 13.7. The lowest BCUT2D eigenvalue weighted by atomic mass is 9.97. The summed E-state index contributed by atoms with van der Waals surface area (Å²) in [5, 5.41) is 12.1. The van der Waals surface area contributed by atoms with E-state index in [9.17, 15) is 0 Å². The lowest BCUT2D eigenvalue weighted by Gasteiger charge is -2.18. The van der Waals surface area contributed by atoms with Gasteiger partial charge < -0.3 is 0 Å². The molecule has 1 aliphatic heterocycles. The number of nitrogens with zero attached hydrogens (tertiary/aromatic N) is 4. The second-order valence-electron chi connectivity index (χ2n) is 7.36. The van der Waals surface area contributed by atoms with E-state index in [0.717, 1.165) is 34.5 Å². The Hall–Kier alpha value is -2.44. The first-order valence-corrected chi connectivity index (χ1v) is 11.8. The van der Waals surface area contributed by atoms with Gasteiger partial charge in [0.1, 0.15) is 16.7 Å². The molecule has 2 aromatic heterocycles. The van der Waals surface area contributed by atoms with Crippen molar-refractivity contribution in [3.63, 3.8) is 0 Å². The Morgan fingerprint density at radius 3 is 2.72 bits per heavy atom. The Bertz CT molecular complexity index is 1140. The van der Waals surface area contributed by atoms with Gasteiger partial charge in [0.2, 0.25) is 0 Å². The first kappa shape index (κ1) is 18.6. The maximum Gasteiger partial charge on any atom is 0.148 e. The van der Waals surface area contributed by atoms with E-state index in [2.05, 4.69) is 82.5 Å². The molecule has 29 heavy (non-hydrogen) atoms. The van der Waals surface area contributed by atoms with E-state index in [1.807, 2.05) is 11.8 Å². The Morgan fingerprint density at radius 1 is 1.07 bits per heavy atom. The molecule has 0 saturated carbocycles. The molecule has 6 heteroatoms. The topological polar surface area (TPSA) is 43.6 Å². The number of thioether (sulfide) groups is 1. The second-order valence-corrected chi connectivity index (χ2v) is 9.32. The molecule has 2 aromatic carbocycles. The number of rotatable bonds is 5. The van der Waals surface area contributed by atoms with Crippen LogP contribution in [0.5, 0.6) is 0 Å². The quantitative estimate of drug-likeness (QED) is 0.393. The number of thiazole rings is 1. The van der Waals surface area contributed by atoms with Crippen molar-refractivity contribution >= 4 is 23.1 Å². The van der Waals surface area contributed by atoms with Crippen LogP contribution in [0.15, 0.2) is 58.8 Å². The summed E-state index contributed by atoms with van der Waals surface area (Å²) in [5.74, 6) is 3.42. The Morgan fingerprint density at radius 2 is 1.90 bits per heavy atom.